The summed E-state index contributed by atoms with van der Waals surface area (Å²) in [6, 6.07) is 29.1. The van der Waals surface area contributed by atoms with E-state index in [0.29, 0.717) is 0 Å². The first-order valence-corrected chi connectivity index (χ1v) is 7.77. The first-order valence-electron chi connectivity index (χ1n) is 7.39. The molecule has 0 aliphatic carbocycles. The largest absolute Gasteiger partial charge is 0.363 e. The molecule has 0 N–H and O–H groups in total. The fraction of sp³-hybridized carbons (Fsp3) is 0.100. The normalized spacial score (nSPS) is 10.4. The fourth-order valence-corrected chi connectivity index (χ4v) is 2.62. The van der Waals surface area contributed by atoms with Gasteiger partial charge in [-0.1, -0.05) is 72.3 Å². The average Bonchev–Trinajstić information content (AvgIpc) is 2.57. The van der Waals surface area contributed by atoms with E-state index < -0.39 is 0 Å². The Hall–Kier alpha value is -2.25. The van der Waals surface area contributed by atoms with E-state index in [-0.39, 0.29) is 0 Å². The number of hydrogen-bond acceptors (Lipinski definition) is 1. The van der Waals surface area contributed by atoms with Crippen LogP contribution in [-0.4, -0.2) is 0 Å². The van der Waals surface area contributed by atoms with Crippen molar-refractivity contribution in [1.29, 1.82) is 0 Å². The van der Waals surface area contributed by atoms with Gasteiger partial charge < -0.3 is 4.90 Å². The van der Waals surface area contributed by atoms with Gasteiger partial charge in [0.05, 0.1) is 0 Å². The SMILES string of the molecule is Clc1ccc(N(Cc2ccccc2)Cc2ccccc2)cc1. The van der Waals surface area contributed by atoms with Gasteiger partial charge in [-0.25, -0.2) is 0 Å². The summed E-state index contributed by atoms with van der Waals surface area (Å²) in [5, 5.41) is 0.767. The van der Waals surface area contributed by atoms with Gasteiger partial charge in [0.25, 0.3) is 0 Å². The van der Waals surface area contributed by atoms with Crippen molar-refractivity contribution >= 4 is 17.3 Å². The molecule has 1 nitrogen and oxygen atoms in total. The van der Waals surface area contributed by atoms with Crippen LogP contribution < -0.4 is 4.90 Å². The maximum Gasteiger partial charge on any atom is 0.0433 e. The Balaban J connectivity index is 1.86. The van der Waals surface area contributed by atoms with Crippen molar-refractivity contribution in [3.63, 3.8) is 0 Å². The molecule has 0 aliphatic heterocycles. The Morgan fingerprint density at radius 3 is 1.50 bits per heavy atom. The minimum absolute atomic E-state index is 0.767. The molecule has 0 amide bonds. The third-order valence-electron chi connectivity index (χ3n) is 3.62. The third-order valence-corrected chi connectivity index (χ3v) is 3.88. The molecule has 0 saturated carbocycles. The number of anilines is 1. The number of nitrogens with zero attached hydrogens (tertiary/aromatic N) is 1. The van der Waals surface area contributed by atoms with Crippen LogP contribution in [0.15, 0.2) is 84.9 Å². The molecule has 0 radical (unpaired) electrons. The predicted molar refractivity (Wildman–Crippen MR) is 94.2 cm³/mol. The highest BCUT2D eigenvalue weighted by Gasteiger charge is 2.08. The molecule has 0 fully saturated rings. The van der Waals surface area contributed by atoms with Gasteiger partial charge in [0.15, 0.2) is 0 Å². The summed E-state index contributed by atoms with van der Waals surface area (Å²) < 4.78 is 0. The highest BCUT2D eigenvalue weighted by Crippen LogP contribution is 2.22. The first-order chi connectivity index (χ1) is 10.8. The Morgan fingerprint density at radius 1 is 0.591 bits per heavy atom. The summed E-state index contributed by atoms with van der Waals surface area (Å²) >= 11 is 6.02. The van der Waals surface area contributed by atoms with Crippen molar-refractivity contribution in [1.82, 2.24) is 0 Å². The van der Waals surface area contributed by atoms with Crippen molar-refractivity contribution in [3.05, 3.63) is 101 Å². The standard InChI is InChI=1S/C20H18ClN/c21-19-11-13-20(14-12-19)22(15-17-7-3-1-4-8-17)16-18-9-5-2-6-10-18/h1-14H,15-16H2. The topological polar surface area (TPSA) is 3.24 Å². The van der Waals surface area contributed by atoms with Gasteiger partial charge in [0, 0.05) is 23.8 Å². The van der Waals surface area contributed by atoms with E-state index in [0.717, 1.165) is 18.1 Å². The summed E-state index contributed by atoms with van der Waals surface area (Å²) in [5.74, 6) is 0. The molecule has 3 rings (SSSR count). The van der Waals surface area contributed by atoms with Crippen molar-refractivity contribution in [3.8, 4) is 0 Å². The molecule has 0 aromatic heterocycles. The number of hydrogen-bond donors (Lipinski definition) is 0. The number of halogens is 1. The van der Waals surface area contributed by atoms with Crippen LogP contribution >= 0.6 is 11.6 Å². The van der Waals surface area contributed by atoms with Crippen LogP contribution in [0.1, 0.15) is 11.1 Å². The molecule has 0 aliphatic rings. The zero-order valence-corrected chi connectivity index (χ0v) is 13.1. The minimum Gasteiger partial charge on any atom is -0.363 e. The third kappa shape index (κ3) is 3.90. The number of rotatable bonds is 5. The molecule has 0 heterocycles. The first kappa shape index (κ1) is 14.7. The van der Waals surface area contributed by atoms with E-state index in [1.165, 1.54) is 16.8 Å². The van der Waals surface area contributed by atoms with E-state index in [1.54, 1.807) is 0 Å². The van der Waals surface area contributed by atoms with Crippen LogP contribution in [0.3, 0.4) is 0 Å². The summed E-state index contributed by atoms with van der Waals surface area (Å²) in [7, 11) is 0. The lowest BCUT2D eigenvalue weighted by Gasteiger charge is -2.25. The Labute approximate surface area is 136 Å². The van der Waals surface area contributed by atoms with Crippen molar-refractivity contribution in [2.75, 3.05) is 4.90 Å². The monoisotopic (exact) mass is 307 g/mol. The fourth-order valence-electron chi connectivity index (χ4n) is 2.50. The molecule has 110 valence electrons. The van der Waals surface area contributed by atoms with Crippen LogP contribution in [0.4, 0.5) is 5.69 Å². The maximum absolute atomic E-state index is 6.02. The van der Waals surface area contributed by atoms with Gasteiger partial charge in [0.1, 0.15) is 0 Å². The second-order valence-corrected chi connectivity index (χ2v) is 5.74. The summed E-state index contributed by atoms with van der Waals surface area (Å²) in [5.41, 5.74) is 3.78. The predicted octanol–water partition coefficient (Wildman–Crippen LogP) is 5.55. The van der Waals surface area contributed by atoms with E-state index in [1.807, 2.05) is 24.3 Å². The van der Waals surface area contributed by atoms with Crippen molar-refractivity contribution in [2.45, 2.75) is 13.1 Å². The molecule has 3 aromatic carbocycles. The zero-order valence-electron chi connectivity index (χ0n) is 12.3. The van der Waals surface area contributed by atoms with Crippen LogP contribution in [0, 0.1) is 0 Å². The van der Waals surface area contributed by atoms with E-state index >= 15 is 0 Å². The Morgan fingerprint density at radius 2 is 1.05 bits per heavy atom. The smallest absolute Gasteiger partial charge is 0.0433 e. The summed E-state index contributed by atoms with van der Waals surface area (Å²) in [4.78, 5) is 2.36. The molecule has 0 saturated heterocycles. The molecule has 2 heteroatoms. The minimum atomic E-state index is 0.767. The lowest BCUT2D eigenvalue weighted by atomic mass is 10.1. The van der Waals surface area contributed by atoms with Crippen LogP contribution in [0.25, 0.3) is 0 Å². The van der Waals surface area contributed by atoms with E-state index in [9.17, 15) is 0 Å². The molecule has 0 spiro atoms. The highest BCUT2D eigenvalue weighted by atomic mass is 35.5. The molecule has 0 unspecified atom stereocenters. The zero-order chi connectivity index (χ0) is 15.2. The molecular weight excluding hydrogens is 290 g/mol. The molecule has 3 aromatic rings. The summed E-state index contributed by atoms with van der Waals surface area (Å²) in [6.45, 7) is 1.74. The second-order valence-electron chi connectivity index (χ2n) is 5.30. The molecule has 0 atom stereocenters. The Bertz CT molecular complexity index is 651. The average molecular weight is 308 g/mol. The summed E-state index contributed by atoms with van der Waals surface area (Å²) in [6.07, 6.45) is 0. The van der Waals surface area contributed by atoms with Gasteiger partial charge in [-0.05, 0) is 35.4 Å². The van der Waals surface area contributed by atoms with Gasteiger partial charge in [-0.3, -0.25) is 0 Å². The van der Waals surface area contributed by atoms with Gasteiger partial charge >= 0.3 is 0 Å². The van der Waals surface area contributed by atoms with Crippen LogP contribution in [0.5, 0.6) is 0 Å². The van der Waals surface area contributed by atoms with Crippen LogP contribution in [0.2, 0.25) is 5.02 Å². The van der Waals surface area contributed by atoms with E-state index in [2.05, 4.69) is 65.6 Å². The van der Waals surface area contributed by atoms with Crippen LogP contribution in [-0.2, 0) is 13.1 Å². The molecule has 22 heavy (non-hydrogen) atoms. The molecule has 0 bridgehead atoms. The maximum atomic E-state index is 6.02. The highest BCUT2D eigenvalue weighted by molar-refractivity contribution is 6.30. The van der Waals surface area contributed by atoms with Gasteiger partial charge in [-0.15, -0.1) is 0 Å². The van der Waals surface area contributed by atoms with Crippen molar-refractivity contribution in [2.24, 2.45) is 0 Å². The van der Waals surface area contributed by atoms with E-state index in [4.69, 9.17) is 11.6 Å². The quantitative estimate of drug-likeness (QED) is 0.597. The lowest BCUT2D eigenvalue weighted by Crippen LogP contribution is -2.21. The van der Waals surface area contributed by atoms with Gasteiger partial charge in [0.2, 0.25) is 0 Å². The lowest BCUT2D eigenvalue weighted by molar-refractivity contribution is 0.800. The second kappa shape index (κ2) is 7.15. The Kier molecular flexibility index (Phi) is 4.77. The van der Waals surface area contributed by atoms with Gasteiger partial charge in [-0.2, -0.15) is 0 Å². The van der Waals surface area contributed by atoms with Crippen molar-refractivity contribution < 1.29 is 0 Å². The molecular formula is C20H18ClN. The number of benzene rings is 3.